The largest absolute Gasteiger partial charge is 0.382 e. The van der Waals surface area contributed by atoms with E-state index in [9.17, 15) is 0 Å². The second-order valence-electron chi connectivity index (χ2n) is 4.91. The fourth-order valence-electron chi connectivity index (χ4n) is 1.17. The van der Waals surface area contributed by atoms with E-state index in [1.807, 2.05) is 10.9 Å². The van der Waals surface area contributed by atoms with Crippen molar-refractivity contribution < 1.29 is 0 Å². The number of nitrogens with one attached hydrogen (secondary N) is 1. The molecule has 1 N–H and O–H groups in total. The molecule has 0 aliphatic carbocycles. The van der Waals surface area contributed by atoms with Crippen LogP contribution in [0.5, 0.6) is 0 Å². The maximum atomic E-state index is 4.26. The van der Waals surface area contributed by atoms with E-state index in [1.54, 1.807) is 0 Å². The summed E-state index contributed by atoms with van der Waals surface area (Å²) in [6.45, 7) is 10.8. The highest BCUT2D eigenvalue weighted by atomic mass is 15.3. The maximum Gasteiger partial charge on any atom is 0.0726 e. The lowest BCUT2D eigenvalue weighted by Crippen LogP contribution is -2.18. The number of aromatic nitrogens is 2. The molecular formula is C11H21N3. The normalized spacial score (nSPS) is 11.7. The lowest BCUT2D eigenvalue weighted by Gasteiger charge is -2.18. The molecule has 0 unspecified atom stereocenters. The first-order valence-corrected chi connectivity index (χ1v) is 5.27. The van der Waals surface area contributed by atoms with Gasteiger partial charge in [-0.1, -0.05) is 27.7 Å². The molecular weight excluding hydrogens is 174 g/mol. The molecule has 3 nitrogen and oxygen atoms in total. The summed E-state index contributed by atoms with van der Waals surface area (Å²) in [6.07, 6.45) is 5.08. The minimum Gasteiger partial charge on any atom is -0.382 e. The van der Waals surface area contributed by atoms with Gasteiger partial charge in [-0.25, -0.2) is 0 Å². The fraction of sp³-hybridized carbons (Fsp3) is 0.727. The predicted octanol–water partition coefficient (Wildman–Crippen LogP) is 2.75. The summed E-state index contributed by atoms with van der Waals surface area (Å²) in [5.74, 6) is 0. The Hall–Kier alpha value is -0.990. The zero-order valence-corrected chi connectivity index (χ0v) is 9.67. The van der Waals surface area contributed by atoms with Gasteiger partial charge in [0.25, 0.3) is 0 Å². The quantitative estimate of drug-likeness (QED) is 0.800. The first-order chi connectivity index (χ1) is 6.51. The van der Waals surface area contributed by atoms with Crippen molar-refractivity contribution in [1.29, 1.82) is 0 Å². The summed E-state index contributed by atoms with van der Waals surface area (Å²) in [7, 11) is 0. The fourth-order valence-corrected chi connectivity index (χ4v) is 1.17. The molecule has 0 aromatic carbocycles. The Morgan fingerprint density at radius 1 is 1.43 bits per heavy atom. The van der Waals surface area contributed by atoms with Crippen LogP contribution in [0.15, 0.2) is 12.4 Å². The highest BCUT2D eigenvalue weighted by Gasteiger charge is 2.09. The minimum absolute atomic E-state index is 0.312. The Morgan fingerprint density at radius 2 is 2.14 bits per heavy atom. The molecule has 0 amide bonds. The van der Waals surface area contributed by atoms with Gasteiger partial charge in [0.15, 0.2) is 0 Å². The first kappa shape index (κ1) is 11.1. The van der Waals surface area contributed by atoms with Crippen molar-refractivity contribution >= 4 is 5.69 Å². The van der Waals surface area contributed by atoms with Crippen molar-refractivity contribution in [1.82, 2.24) is 9.78 Å². The predicted molar refractivity (Wildman–Crippen MR) is 60.5 cm³/mol. The molecule has 1 rings (SSSR count). The SMILES string of the molecule is CCCn1cc(NCC(C)(C)C)cn1. The number of aryl methyl sites for hydroxylation is 1. The van der Waals surface area contributed by atoms with Gasteiger partial charge in [-0.05, 0) is 11.8 Å². The van der Waals surface area contributed by atoms with Gasteiger partial charge in [0.2, 0.25) is 0 Å². The van der Waals surface area contributed by atoms with Crippen LogP contribution in [0.2, 0.25) is 0 Å². The third kappa shape index (κ3) is 3.81. The van der Waals surface area contributed by atoms with Crippen molar-refractivity contribution in [3.63, 3.8) is 0 Å². The van der Waals surface area contributed by atoms with E-state index in [0.29, 0.717) is 5.41 Å². The van der Waals surface area contributed by atoms with Crippen molar-refractivity contribution in [2.75, 3.05) is 11.9 Å². The Bertz CT molecular complexity index is 270. The zero-order chi connectivity index (χ0) is 10.6. The molecule has 80 valence electrons. The molecule has 0 saturated heterocycles. The first-order valence-electron chi connectivity index (χ1n) is 5.27. The number of nitrogens with zero attached hydrogens (tertiary/aromatic N) is 2. The van der Waals surface area contributed by atoms with E-state index in [4.69, 9.17) is 0 Å². The second-order valence-corrected chi connectivity index (χ2v) is 4.91. The van der Waals surface area contributed by atoms with E-state index in [1.165, 1.54) is 0 Å². The molecule has 0 aliphatic heterocycles. The van der Waals surface area contributed by atoms with Crippen LogP contribution < -0.4 is 5.32 Å². The average Bonchev–Trinajstić information content (AvgIpc) is 2.49. The van der Waals surface area contributed by atoms with Crippen LogP contribution in [-0.4, -0.2) is 16.3 Å². The van der Waals surface area contributed by atoms with Crippen LogP contribution in [-0.2, 0) is 6.54 Å². The molecule has 0 radical (unpaired) electrons. The summed E-state index contributed by atoms with van der Waals surface area (Å²) < 4.78 is 1.98. The monoisotopic (exact) mass is 195 g/mol. The van der Waals surface area contributed by atoms with E-state index in [-0.39, 0.29) is 0 Å². The molecule has 0 atom stereocenters. The molecule has 3 heteroatoms. The van der Waals surface area contributed by atoms with Gasteiger partial charge in [0, 0.05) is 19.3 Å². The van der Waals surface area contributed by atoms with Crippen LogP contribution in [0.1, 0.15) is 34.1 Å². The van der Waals surface area contributed by atoms with Crippen LogP contribution in [0.25, 0.3) is 0 Å². The number of rotatable bonds is 4. The van der Waals surface area contributed by atoms with E-state index >= 15 is 0 Å². The van der Waals surface area contributed by atoms with Gasteiger partial charge >= 0.3 is 0 Å². The van der Waals surface area contributed by atoms with E-state index in [2.05, 4.69) is 44.3 Å². The van der Waals surface area contributed by atoms with Gasteiger partial charge in [-0.15, -0.1) is 0 Å². The molecule has 0 aliphatic rings. The second kappa shape index (κ2) is 4.49. The highest BCUT2D eigenvalue weighted by Crippen LogP contribution is 2.14. The number of hydrogen-bond donors (Lipinski definition) is 1. The van der Waals surface area contributed by atoms with Gasteiger partial charge in [0.05, 0.1) is 11.9 Å². The highest BCUT2D eigenvalue weighted by molar-refractivity contribution is 5.38. The number of hydrogen-bond acceptors (Lipinski definition) is 2. The van der Waals surface area contributed by atoms with Crippen LogP contribution >= 0.6 is 0 Å². The smallest absolute Gasteiger partial charge is 0.0726 e. The molecule has 1 heterocycles. The number of anilines is 1. The lowest BCUT2D eigenvalue weighted by molar-refractivity contribution is 0.443. The summed E-state index contributed by atoms with van der Waals surface area (Å²) in [5, 5.41) is 7.64. The standard InChI is InChI=1S/C11H21N3/c1-5-6-14-8-10(7-13-14)12-9-11(2,3)4/h7-8,12H,5-6,9H2,1-4H3. The van der Waals surface area contributed by atoms with Crippen LogP contribution in [0, 0.1) is 5.41 Å². The van der Waals surface area contributed by atoms with Crippen molar-refractivity contribution in [3.8, 4) is 0 Å². The summed E-state index contributed by atoms with van der Waals surface area (Å²) in [5.41, 5.74) is 1.43. The van der Waals surface area contributed by atoms with E-state index in [0.717, 1.165) is 25.2 Å². The Balaban J connectivity index is 2.44. The molecule has 14 heavy (non-hydrogen) atoms. The van der Waals surface area contributed by atoms with Crippen LogP contribution in [0.3, 0.4) is 0 Å². The van der Waals surface area contributed by atoms with Crippen LogP contribution in [0.4, 0.5) is 5.69 Å². The molecule has 0 saturated carbocycles. The van der Waals surface area contributed by atoms with Gasteiger partial charge in [-0.3, -0.25) is 4.68 Å². The third-order valence-electron chi connectivity index (χ3n) is 1.91. The van der Waals surface area contributed by atoms with Gasteiger partial charge in [-0.2, -0.15) is 5.10 Å². The molecule has 0 bridgehead atoms. The van der Waals surface area contributed by atoms with Crippen molar-refractivity contribution in [2.24, 2.45) is 5.41 Å². The average molecular weight is 195 g/mol. The molecule has 1 aromatic heterocycles. The van der Waals surface area contributed by atoms with Gasteiger partial charge in [0.1, 0.15) is 0 Å². The van der Waals surface area contributed by atoms with Crippen molar-refractivity contribution in [3.05, 3.63) is 12.4 Å². The zero-order valence-electron chi connectivity index (χ0n) is 9.67. The summed E-state index contributed by atoms with van der Waals surface area (Å²) in [4.78, 5) is 0. The Morgan fingerprint density at radius 3 is 2.71 bits per heavy atom. The lowest BCUT2D eigenvalue weighted by atomic mass is 9.97. The maximum absolute atomic E-state index is 4.26. The third-order valence-corrected chi connectivity index (χ3v) is 1.91. The molecule has 0 spiro atoms. The Labute approximate surface area is 86.5 Å². The topological polar surface area (TPSA) is 29.9 Å². The van der Waals surface area contributed by atoms with Gasteiger partial charge < -0.3 is 5.32 Å². The summed E-state index contributed by atoms with van der Waals surface area (Å²) >= 11 is 0. The Kier molecular flexibility index (Phi) is 3.55. The van der Waals surface area contributed by atoms with E-state index < -0.39 is 0 Å². The minimum atomic E-state index is 0.312. The molecule has 0 fully saturated rings. The molecule has 1 aromatic rings. The summed E-state index contributed by atoms with van der Waals surface area (Å²) in [6, 6.07) is 0. The van der Waals surface area contributed by atoms with Crippen molar-refractivity contribution in [2.45, 2.75) is 40.7 Å².